The summed E-state index contributed by atoms with van der Waals surface area (Å²) in [6, 6.07) is 3.77. The summed E-state index contributed by atoms with van der Waals surface area (Å²) in [6.45, 7) is -0.275. The molecule has 3 N–H and O–H groups in total. The molecule has 1 aromatic rings. The highest BCUT2D eigenvalue weighted by Gasteiger charge is 2.45. The van der Waals surface area contributed by atoms with Gasteiger partial charge in [-0.1, -0.05) is 0 Å². The number of halogens is 1. The van der Waals surface area contributed by atoms with E-state index in [1.165, 1.54) is 12.1 Å². The number of carboxylic acids is 1. The third-order valence-corrected chi connectivity index (χ3v) is 5.55. The lowest BCUT2D eigenvalue weighted by atomic mass is 10.2. The van der Waals surface area contributed by atoms with Crippen LogP contribution in [0.1, 0.15) is 23.2 Å². The van der Waals surface area contributed by atoms with Crippen molar-refractivity contribution in [1.29, 1.82) is 0 Å². The maximum atomic E-state index is 12.2. The number of aliphatic hydroxyl groups is 1. The van der Waals surface area contributed by atoms with E-state index in [1.54, 1.807) is 0 Å². The molecule has 0 saturated heterocycles. The van der Waals surface area contributed by atoms with Crippen molar-refractivity contribution in [3.63, 3.8) is 0 Å². The summed E-state index contributed by atoms with van der Waals surface area (Å²) in [5.74, 6) is -1.20. The van der Waals surface area contributed by atoms with E-state index in [0.29, 0.717) is 12.8 Å². The van der Waals surface area contributed by atoms with Gasteiger partial charge in [0, 0.05) is 4.47 Å². The normalized spacial score (nSPS) is 17.2. The fourth-order valence-electron chi connectivity index (χ4n) is 1.63. The Hall–Kier alpha value is -0.960. The van der Waals surface area contributed by atoms with Crippen LogP contribution in [-0.2, 0) is 10.0 Å². The molecule has 1 saturated carbocycles. The molecule has 6 nitrogen and oxygen atoms in total. The van der Waals surface area contributed by atoms with Crippen LogP contribution in [0.2, 0.25) is 0 Å². The molecular weight excluding hydrogens is 338 g/mol. The molecule has 0 heterocycles. The molecule has 0 bridgehead atoms. The summed E-state index contributed by atoms with van der Waals surface area (Å²) in [6.07, 6.45) is 1.14. The highest BCUT2D eigenvalue weighted by molar-refractivity contribution is 9.10. The smallest absolute Gasteiger partial charge is 0.335 e. The highest BCUT2D eigenvalue weighted by atomic mass is 79.9. The van der Waals surface area contributed by atoms with Gasteiger partial charge in [-0.25, -0.2) is 17.9 Å². The van der Waals surface area contributed by atoms with Gasteiger partial charge in [0.15, 0.2) is 0 Å². The number of carbonyl (C=O) groups is 1. The van der Waals surface area contributed by atoms with Crippen molar-refractivity contribution in [2.45, 2.75) is 23.3 Å². The van der Waals surface area contributed by atoms with Crippen molar-refractivity contribution < 1.29 is 23.4 Å². The number of sulfonamides is 1. The van der Waals surface area contributed by atoms with Crippen molar-refractivity contribution in [2.75, 3.05) is 6.61 Å². The lowest BCUT2D eigenvalue weighted by Gasteiger charge is -2.15. The lowest BCUT2D eigenvalue weighted by Crippen LogP contribution is -2.39. The van der Waals surface area contributed by atoms with E-state index in [1.807, 2.05) is 0 Å². The molecule has 0 spiro atoms. The molecule has 0 radical (unpaired) electrons. The molecule has 19 heavy (non-hydrogen) atoms. The molecule has 0 aliphatic heterocycles. The van der Waals surface area contributed by atoms with Crippen LogP contribution in [0.4, 0.5) is 0 Å². The van der Waals surface area contributed by atoms with Crippen molar-refractivity contribution >= 4 is 31.9 Å². The Balaban J connectivity index is 2.40. The summed E-state index contributed by atoms with van der Waals surface area (Å²) < 4.78 is 27.1. The van der Waals surface area contributed by atoms with Gasteiger partial charge >= 0.3 is 5.97 Å². The van der Waals surface area contributed by atoms with E-state index in [9.17, 15) is 13.2 Å². The van der Waals surface area contributed by atoms with Crippen LogP contribution in [0.25, 0.3) is 0 Å². The van der Waals surface area contributed by atoms with Gasteiger partial charge in [0.2, 0.25) is 10.0 Å². The van der Waals surface area contributed by atoms with Crippen LogP contribution in [0, 0.1) is 0 Å². The lowest BCUT2D eigenvalue weighted by molar-refractivity contribution is 0.0696. The number of carboxylic acid groups (broad SMARTS) is 1. The second kappa shape index (κ2) is 4.86. The summed E-state index contributed by atoms with van der Waals surface area (Å²) in [5, 5.41) is 18.0. The predicted molar refractivity (Wildman–Crippen MR) is 70.5 cm³/mol. The Bertz CT molecular complexity index is 624. The number of aromatic carboxylic acids is 1. The molecule has 104 valence electrons. The highest BCUT2D eigenvalue weighted by Crippen LogP contribution is 2.37. The van der Waals surface area contributed by atoms with Crippen molar-refractivity contribution in [3.8, 4) is 0 Å². The fourth-order valence-corrected chi connectivity index (χ4v) is 4.07. The molecule has 8 heteroatoms. The molecule has 0 aromatic heterocycles. The van der Waals surface area contributed by atoms with Crippen LogP contribution in [0.5, 0.6) is 0 Å². The second-order valence-corrected chi connectivity index (χ2v) is 7.00. The summed E-state index contributed by atoms with van der Waals surface area (Å²) >= 11 is 3.09. The van der Waals surface area contributed by atoms with Gasteiger partial charge in [-0.2, -0.15) is 0 Å². The van der Waals surface area contributed by atoms with E-state index in [2.05, 4.69) is 20.7 Å². The summed E-state index contributed by atoms with van der Waals surface area (Å²) in [4.78, 5) is 10.7. The molecule has 1 aliphatic rings. The van der Waals surface area contributed by atoms with E-state index in [0.717, 1.165) is 6.07 Å². The minimum Gasteiger partial charge on any atom is -0.478 e. The number of nitrogens with one attached hydrogen (secondary N) is 1. The number of rotatable bonds is 5. The maximum absolute atomic E-state index is 12.2. The molecular formula is C11H12BrNO5S. The first-order valence-electron chi connectivity index (χ1n) is 5.47. The van der Waals surface area contributed by atoms with Gasteiger partial charge < -0.3 is 10.2 Å². The fraction of sp³-hybridized carbons (Fsp3) is 0.364. The molecule has 2 rings (SSSR count). The molecule has 1 aliphatic carbocycles. The van der Waals surface area contributed by atoms with Gasteiger partial charge in [-0.05, 0) is 47.0 Å². The van der Waals surface area contributed by atoms with Crippen LogP contribution < -0.4 is 4.72 Å². The zero-order valence-corrected chi connectivity index (χ0v) is 12.2. The monoisotopic (exact) mass is 349 g/mol. The van der Waals surface area contributed by atoms with Crippen molar-refractivity contribution in [1.82, 2.24) is 4.72 Å². The Morgan fingerprint density at radius 2 is 2.05 bits per heavy atom. The Morgan fingerprint density at radius 3 is 2.53 bits per heavy atom. The SMILES string of the molecule is O=C(O)c1ccc(Br)c(S(=O)(=O)NC2(CO)CC2)c1. The van der Waals surface area contributed by atoms with Gasteiger partial charge in [-0.3, -0.25) is 0 Å². The Morgan fingerprint density at radius 1 is 1.42 bits per heavy atom. The summed E-state index contributed by atoms with van der Waals surface area (Å²) in [5.41, 5.74) is -0.908. The van der Waals surface area contributed by atoms with Crippen molar-refractivity contribution in [3.05, 3.63) is 28.2 Å². The van der Waals surface area contributed by atoms with Crippen molar-refractivity contribution in [2.24, 2.45) is 0 Å². The van der Waals surface area contributed by atoms with E-state index in [-0.39, 0.29) is 21.5 Å². The van der Waals surface area contributed by atoms with Gasteiger partial charge in [0.05, 0.1) is 22.6 Å². The summed E-state index contributed by atoms with van der Waals surface area (Å²) in [7, 11) is -3.87. The number of benzene rings is 1. The first kappa shape index (κ1) is 14.4. The van der Waals surface area contributed by atoms with Crippen LogP contribution in [0.15, 0.2) is 27.6 Å². The van der Waals surface area contributed by atoms with Crippen LogP contribution >= 0.6 is 15.9 Å². The molecule has 1 fully saturated rings. The topological polar surface area (TPSA) is 104 Å². The quantitative estimate of drug-likeness (QED) is 0.734. The minimum atomic E-state index is -3.87. The minimum absolute atomic E-state index is 0.113. The molecule has 1 aromatic carbocycles. The molecule has 0 unspecified atom stereocenters. The first-order chi connectivity index (χ1) is 8.80. The van der Waals surface area contributed by atoms with Crippen LogP contribution in [-0.4, -0.2) is 36.7 Å². The predicted octanol–water partition coefficient (Wildman–Crippen LogP) is 0.951. The molecule has 0 atom stereocenters. The Labute approximate surface area is 118 Å². The van der Waals surface area contributed by atoms with E-state index in [4.69, 9.17) is 10.2 Å². The van der Waals surface area contributed by atoms with E-state index < -0.39 is 21.5 Å². The van der Waals surface area contributed by atoms with Gasteiger partial charge in [0.1, 0.15) is 0 Å². The van der Waals surface area contributed by atoms with Gasteiger partial charge in [-0.15, -0.1) is 0 Å². The number of hydrogen-bond donors (Lipinski definition) is 3. The largest absolute Gasteiger partial charge is 0.478 e. The number of aliphatic hydroxyl groups excluding tert-OH is 1. The zero-order valence-electron chi connectivity index (χ0n) is 9.76. The average Bonchev–Trinajstić information content (AvgIpc) is 3.08. The van der Waals surface area contributed by atoms with Crippen LogP contribution in [0.3, 0.4) is 0 Å². The first-order valence-corrected chi connectivity index (χ1v) is 7.75. The zero-order chi connectivity index (χ0) is 14.3. The third-order valence-electron chi connectivity index (χ3n) is 2.97. The molecule has 0 amide bonds. The second-order valence-electron chi connectivity index (χ2n) is 4.49. The number of hydrogen-bond acceptors (Lipinski definition) is 4. The van der Waals surface area contributed by atoms with Gasteiger partial charge in [0.25, 0.3) is 0 Å². The Kier molecular flexibility index (Phi) is 3.69. The average molecular weight is 350 g/mol. The maximum Gasteiger partial charge on any atom is 0.335 e. The van der Waals surface area contributed by atoms with E-state index >= 15 is 0 Å². The standard InChI is InChI=1S/C11H12BrNO5S/c12-8-2-1-7(10(15)16)5-9(8)19(17,18)13-11(6-14)3-4-11/h1-2,5,13-14H,3-4,6H2,(H,15,16). The third kappa shape index (κ3) is 2.97.